The summed E-state index contributed by atoms with van der Waals surface area (Å²) in [4.78, 5) is 22.8. The van der Waals surface area contributed by atoms with Crippen molar-refractivity contribution in [3.05, 3.63) is 51.9 Å². The molecule has 7 heteroatoms. The number of carbonyl (C=O) groups excluding carboxylic acids is 2. The van der Waals surface area contributed by atoms with E-state index in [1.165, 1.54) is 30.5 Å². The summed E-state index contributed by atoms with van der Waals surface area (Å²) in [5, 5.41) is 2.73. The highest BCUT2D eigenvalue weighted by atomic mass is 35.5. The third-order valence-corrected chi connectivity index (χ3v) is 2.96. The summed E-state index contributed by atoms with van der Waals surface area (Å²) < 4.78 is 4.81. The predicted molar refractivity (Wildman–Crippen MR) is 71.6 cm³/mol. The molecule has 0 saturated carbocycles. The van der Waals surface area contributed by atoms with Gasteiger partial charge in [0.1, 0.15) is 0 Å². The van der Waals surface area contributed by atoms with Crippen molar-refractivity contribution in [1.29, 1.82) is 0 Å². The second-order valence-electron chi connectivity index (χ2n) is 3.62. The zero-order valence-electron chi connectivity index (χ0n) is 9.44. The molecule has 1 heterocycles. The normalized spacial score (nSPS) is 10.2. The number of primary amides is 1. The fourth-order valence-corrected chi connectivity index (χ4v) is 1.92. The van der Waals surface area contributed by atoms with E-state index < -0.39 is 11.8 Å². The van der Waals surface area contributed by atoms with E-state index in [9.17, 15) is 9.59 Å². The lowest BCUT2D eigenvalue weighted by Crippen LogP contribution is -2.13. The van der Waals surface area contributed by atoms with E-state index in [0.29, 0.717) is 5.69 Å². The molecule has 0 bridgehead atoms. The van der Waals surface area contributed by atoms with Crippen molar-refractivity contribution in [3.8, 4) is 0 Å². The van der Waals surface area contributed by atoms with Crippen molar-refractivity contribution >= 4 is 40.7 Å². The molecule has 1 aromatic carbocycles. The van der Waals surface area contributed by atoms with Crippen LogP contribution in [0.2, 0.25) is 10.2 Å². The van der Waals surface area contributed by atoms with Crippen molar-refractivity contribution in [2.75, 3.05) is 5.32 Å². The topological polar surface area (TPSA) is 85.3 Å². The number of amides is 2. The Labute approximate surface area is 118 Å². The first kappa shape index (κ1) is 13.5. The number of benzene rings is 1. The van der Waals surface area contributed by atoms with Crippen LogP contribution in [0.15, 0.2) is 34.9 Å². The maximum Gasteiger partial charge on any atom is 0.260 e. The Morgan fingerprint density at radius 3 is 2.42 bits per heavy atom. The Kier molecular flexibility index (Phi) is 3.78. The average molecular weight is 299 g/mol. The third kappa shape index (κ3) is 2.89. The number of halogens is 2. The van der Waals surface area contributed by atoms with Crippen molar-refractivity contribution < 1.29 is 14.0 Å². The first-order valence-corrected chi connectivity index (χ1v) is 5.88. The van der Waals surface area contributed by atoms with Gasteiger partial charge in [-0.2, -0.15) is 0 Å². The molecule has 0 aliphatic carbocycles. The number of nitrogens with one attached hydrogen (secondary N) is 1. The molecule has 0 aliphatic heterocycles. The van der Waals surface area contributed by atoms with Crippen LogP contribution in [-0.2, 0) is 0 Å². The van der Waals surface area contributed by atoms with E-state index in [2.05, 4.69) is 5.32 Å². The van der Waals surface area contributed by atoms with Crippen molar-refractivity contribution in [1.82, 2.24) is 0 Å². The second-order valence-corrected chi connectivity index (χ2v) is 4.37. The highest BCUT2D eigenvalue weighted by Crippen LogP contribution is 2.22. The quantitative estimate of drug-likeness (QED) is 0.913. The Bertz CT molecular complexity index is 652. The summed E-state index contributed by atoms with van der Waals surface area (Å²) in [6.07, 6.45) is 1.31. The highest BCUT2D eigenvalue weighted by Gasteiger charge is 2.14. The molecular weight excluding hydrogens is 291 g/mol. The molecule has 0 atom stereocenters. The molecule has 0 spiro atoms. The van der Waals surface area contributed by atoms with Crippen LogP contribution in [0.3, 0.4) is 0 Å². The summed E-state index contributed by atoms with van der Waals surface area (Å²) >= 11 is 11.6. The lowest BCUT2D eigenvalue weighted by Gasteiger charge is -2.06. The summed E-state index contributed by atoms with van der Waals surface area (Å²) in [6, 6.07) is 5.81. The number of hydrogen-bond acceptors (Lipinski definition) is 3. The van der Waals surface area contributed by atoms with Gasteiger partial charge in [0.2, 0.25) is 11.1 Å². The number of rotatable bonds is 3. The van der Waals surface area contributed by atoms with Gasteiger partial charge < -0.3 is 15.5 Å². The molecule has 3 N–H and O–H groups in total. The number of anilines is 1. The molecule has 2 amide bonds. The van der Waals surface area contributed by atoms with E-state index in [1.54, 1.807) is 0 Å². The van der Waals surface area contributed by atoms with Gasteiger partial charge in [0.25, 0.3) is 5.91 Å². The van der Waals surface area contributed by atoms with Crippen molar-refractivity contribution in [2.24, 2.45) is 5.73 Å². The molecule has 98 valence electrons. The lowest BCUT2D eigenvalue weighted by molar-refractivity contribution is 0.0998. The summed E-state index contributed by atoms with van der Waals surface area (Å²) in [6.45, 7) is 0. The minimum Gasteiger partial charge on any atom is -0.452 e. The van der Waals surface area contributed by atoms with Gasteiger partial charge in [-0.1, -0.05) is 11.6 Å². The number of carbonyl (C=O) groups is 2. The molecule has 0 unspecified atom stereocenters. The molecular formula is C12H8Cl2N2O3. The van der Waals surface area contributed by atoms with E-state index in [4.69, 9.17) is 33.4 Å². The van der Waals surface area contributed by atoms with E-state index in [-0.39, 0.29) is 21.4 Å². The number of nitrogens with two attached hydrogens (primary N) is 1. The van der Waals surface area contributed by atoms with E-state index in [1.807, 2.05) is 0 Å². The molecule has 0 radical (unpaired) electrons. The minimum atomic E-state index is -0.638. The second kappa shape index (κ2) is 5.34. The molecule has 19 heavy (non-hydrogen) atoms. The van der Waals surface area contributed by atoms with Crippen molar-refractivity contribution in [2.45, 2.75) is 0 Å². The Balaban J connectivity index is 2.21. The van der Waals surface area contributed by atoms with Gasteiger partial charge in [0, 0.05) is 5.69 Å². The Morgan fingerprint density at radius 2 is 1.89 bits per heavy atom. The minimum absolute atomic E-state index is 0.00245. The standard InChI is InChI=1S/C12H8Cl2N2O3/c13-9-5-6(1-2-7(9)11(15)17)16-12(18)8-3-4-19-10(8)14/h1-5H,(H2,15,17)(H,16,18). The van der Waals surface area contributed by atoms with Crippen LogP contribution in [0.25, 0.3) is 0 Å². The van der Waals surface area contributed by atoms with Gasteiger partial charge in [-0.15, -0.1) is 0 Å². The molecule has 1 aromatic heterocycles. The molecule has 2 aromatic rings. The molecule has 0 aliphatic rings. The van der Waals surface area contributed by atoms with Crippen LogP contribution in [0, 0.1) is 0 Å². The number of furan rings is 1. The monoisotopic (exact) mass is 298 g/mol. The molecule has 2 rings (SSSR count). The first-order chi connectivity index (χ1) is 8.99. The highest BCUT2D eigenvalue weighted by molar-refractivity contribution is 6.34. The van der Waals surface area contributed by atoms with Crippen LogP contribution >= 0.6 is 23.2 Å². The summed E-state index contributed by atoms with van der Waals surface area (Å²) in [5.74, 6) is -1.08. The largest absolute Gasteiger partial charge is 0.452 e. The molecule has 5 nitrogen and oxygen atoms in total. The number of hydrogen-bond donors (Lipinski definition) is 2. The Morgan fingerprint density at radius 1 is 1.16 bits per heavy atom. The van der Waals surface area contributed by atoms with Gasteiger partial charge in [-0.25, -0.2) is 0 Å². The van der Waals surface area contributed by atoms with Gasteiger partial charge in [-0.05, 0) is 35.9 Å². The van der Waals surface area contributed by atoms with Crippen molar-refractivity contribution in [3.63, 3.8) is 0 Å². The smallest absolute Gasteiger partial charge is 0.260 e. The summed E-state index contributed by atoms with van der Waals surface area (Å²) in [7, 11) is 0. The van der Waals surface area contributed by atoms with Crippen LogP contribution in [0.4, 0.5) is 5.69 Å². The maximum atomic E-state index is 11.8. The first-order valence-electron chi connectivity index (χ1n) is 5.12. The zero-order chi connectivity index (χ0) is 14.0. The third-order valence-electron chi connectivity index (χ3n) is 2.36. The van der Waals surface area contributed by atoms with Crippen LogP contribution in [-0.4, -0.2) is 11.8 Å². The summed E-state index contributed by atoms with van der Waals surface area (Å²) in [5.41, 5.74) is 5.92. The van der Waals surface area contributed by atoms with Gasteiger partial charge >= 0.3 is 0 Å². The SMILES string of the molecule is NC(=O)c1ccc(NC(=O)c2ccoc2Cl)cc1Cl. The fourth-order valence-electron chi connectivity index (χ4n) is 1.45. The van der Waals surface area contributed by atoms with E-state index in [0.717, 1.165) is 0 Å². The zero-order valence-corrected chi connectivity index (χ0v) is 11.0. The van der Waals surface area contributed by atoms with Crippen LogP contribution < -0.4 is 11.1 Å². The predicted octanol–water partition coefficient (Wildman–Crippen LogP) is 2.94. The lowest BCUT2D eigenvalue weighted by atomic mass is 10.2. The maximum absolute atomic E-state index is 11.8. The van der Waals surface area contributed by atoms with Gasteiger partial charge in [-0.3, -0.25) is 9.59 Å². The molecule has 0 saturated heterocycles. The Hall–Kier alpha value is -1.98. The van der Waals surface area contributed by atoms with Gasteiger partial charge in [0.05, 0.1) is 22.4 Å². The van der Waals surface area contributed by atoms with E-state index >= 15 is 0 Å². The molecule has 0 fully saturated rings. The fraction of sp³-hybridized carbons (Fsp3) is 0. The van der Waals surface area contributed by atoms with Crippen LogP contribution in [0.1, 0.15) is 20.7 Å². The van der Waals surface area contributed by atoms with Gasteiger partial charge in [0.15, 0.2) is 0 Å². The van der Waals surface area contributed by atoms with Crippen LogP contribution in [0.5, 0.6) is 0 Å². The average Bonchev–Trinajstić information content (AvgIpc) is 2.75.